The topological polar surface area (TPSA) is 75.3 Å². The van der Waals surface area contributed by atoms with Crippen LogP contribution < -0.4 is 4.90 Å². The third kappa shape index (κ3) is 3.60. The van der Waals surface area contributed by atoms with Crippen molar-refractivity contribution in [2.24, 2.45) is 4.99 Å². The van der Waals surface area contributed by atoms with Gasteiger partial charge >= 0.3 is 5.97 Å². The molecule has 1 aliphatic heterocycles. The Labute approximate surface area is 134 Å². The summed E-state index contributed by atoms with van der Waals surface area (Å²) in [5, 5.41) is 8.97. The summed E-state index contributed by atoms with van der Waals surface area (Å²) in [6, 6.07) is 8.64. The van der Waals surface area contributed by atoms with Crippen LogP contribution in [0.5, 0.6) is 0 Å². The van der Waals surface area contributed by atoms with Gasteiger partial charge in [-0.15, -0.1) is 0 Å². The number of hydrogen-bond acceptors (Lipinski definition) is 5. The van der Waals surface area contributed by atoms with E-state index in [4.69, 9.17) is 14.3 Å². The Bertz CT molecular complexity index is 730. The first-order chi connectivity index (χ1) is 11.1. The number of furan rings is 1. The van der Waals surface area contributed by atoms with Crippen molar-refractivity contribution in [3.8, 4) is 0 Å². The first kappa shape index (κ1) is 15.3. The van der Waals surface area contributed by atoms with Gasteiger partial charge in [-0.05, 0) is 36.8 Å². The van der Waals surface area contributed by atoms with Crippen LogP contribution in [-0.4, -0.2) is 43.6 Å². The maximum absolute atomic E-state index is 10.9. The number of morpholine rings is 1. The van der Waals surface area contributed by atoms with Gasteiger partial charge in [0.05, 0.1) is 30.7 Å². The molecule has 0 bridgehead atoms. The molecule has 1 saturated heterocycles. The number of anilines is 1. The van der Waals surface area contributed by atoms with E-state index in [9.17, 15) is 4.79 Å². The van der Waals surface area contributed by atoms with Crippen molar-refractivity contribution in [1.82, 2.24) is 0 Å². The molecule has 0 unspecified atom stereocenters. The number of carboxylic acids is 1. The summed E-state index contributed by atoms with van der Waals surface area (Å²) in [6.07, 6.45) is 1.65. The van der Waals surface area contributed by atoms with E-state index in [-0.39, 0.29) is 5.56 Å². The second kappa shape index (κ2) is 6.66. The van der Waals surface area contributed by atoms with Crippen LogP contribution in [0.3, 0.4) is 0 Å². The molecule has 0 spiro atoms. The number of aryl methyl sites for hydroxylation is 1. The Morgan fingerprint density at radius 2 is 2.04 bits per heavy atom. The van der Waals surface area contributed by atoms with Gasteiger partial charge in [-0.2, -0.15) is 0 Å². The van der Waals surface area contributed by atoms with E-state index in [0.29, 0.717) is 19.0 Å². The molecular formula is C17H18N2O4. The predicted octanol–water partition coefficient (Wildman–Crippen LogP) is 2.87. The molecule has 2 aromatic rings. The Balaban J connectivity index is 1.73. The van der Waals surface area contributed by atoms with E-state index in [1.807, 2.05) is 19.1 Å². The summed E-state index contributed by atoms with van der Waals surface area (Å²) in [4.78, 5) is 17.4. The molecule has 0 atom stereocenters. The fourth-order valence-electron chi connectivity index (χ4n) is 2.43. The van der Waals surface area contributed by atoms with Crippen LogP contribution >= 0.6 is 0 Å². The Kier molecular flexibility index (Phi) is 4.43. The largest absolute Gasteiger partial charge is 0.478 e. The fraction of sp³-hybridized carbons (Fsp3) is 0.294. The molecule has 6 heteroatoms. The van der Waals surface area contributed by atoms with E-state index in [1.54, 1.807) is 24.4 Å². The quantitative estimate of drug-likeness (QED) is 0.878. The fourth-order valence-corrected chi connectivity index (χ4v) is 2.43. The highest BCUT2D eigenvalue weighted by Crippen LogP contribution is 2.22. The summed E-state index contributed by atoms with van der Waals surface area (Å²) < 4.78 is 11.1. The van der Waals surface area contributed by atoms with E-state index in [1.165, 1.54) is 0 Å². The van der Waals surface area contributed by atoms with Crippen molar-refractivity contribution in [3.63, 3.8) is 0 Å². The number of aliphatic imine (C=N–C) groups is 1. The third-order valence-corrected chi connectivity index (χ3v) is 3.71. The number of ether oxygens (including phenoxy) is 1. The molecule has 6 nitrogen and oxygen atoms in total. The molecule has 2 heterocycles. The molecule has 0 aliphatic carbocycles. The lowest BCUT2D eigenvalue weighted by Crippen LogP contribution is -2.35. The van der Waals surface area contributed by atoms with Gasteiger partial charge in [-0.25, -0.2) is 4.79 Å². The number of carbonyl (C=O) groups is 1. The highest BCUT2D eigenvalue weighted by Gasteiger charge is 2.14. The van der Waals surface area contributed by atoms with Gasteiger partial charge in [-0.1, -0.05) is 0 Å². The Hall–Kier alpha value is -2.60. The van der Waals surface area contributed by atoms with Crippen molar-refractivity contribution in [2.75, 3.05) is 31.2 Å². The van der Waals surface area contributed by atoms with Crippen molar-refractivity contribution in [3.05, 3.63) is 47.2 Å². The van der Waals surface area contributed by atoms with E-state index >= 15 is 0 Å². The minimum Gasteiger partial charge on any atom is -0.478 e. The molecular weight excluding hydrogens is 296 g/mol. The second-order valence-electron chi connectivity index (χ2n) is 5.34. The average Bonchev–Trinajstić information content (AvgIpc) is 3.03. The number of benzene rings is 1. The minimum atomic E-state index is -0.940. The molecule has 1 fully saturated rings. The maximum Gasteiger partial charge on any atom is 0.335 e. The van der Waals surface area contributed by atoms with Crippen LogP contribution in [0.4, 0.5) is 11.6 Å². The van der Waals surface area contributed by atoms with Crippen molar-refractivity contribution >= 4 is 23.8 Å². The number of carboxylic acid groups (broad SMARTS) is 1. The van der Waals surface area contributed by atoms with E-state index in [2.05, 4.69) is 9.89 Å². The highest BCUT2D eigenvalue weighted by atomic mass is 16.5. The monoisotopic (exact) mass is 314 g/mol. The van der Waals surface area contributed by atoms with Gasteiger partial charge < -0.3 is 19.2 Å². The van der Waals surface area contributed by atoms with Crippen molar-refractivity contribution < 1.29 is 19.1 Å². The number of nitrogens with zero attached hydrogens (tertiary/aromatic N) is 2. The van der Waals surface area contributed by atoms with Gasteiger partial charge in [0.1, 0.15) is 5.76 Å². The lowest BCUT2D eigenvalue weighted by atomic mass is 10.1. The first-order valence-corrected chi connectivity index (χ1v) is 7.44. The average molecular weight is 314 g/mol. The zero-order valence-electron chi connectivity index (χ0n) is 12.9. The van der Waals surface area contributed by atoms with E-state index < -0.39 is 5.97 Å². The predicted molar refractivity (Wildman–Crippen MR) is 87.1 cm³/mol. The maximum atomic E-state index is 10.9. The van der Waals surface area contributed by atoms with Crippen LogP contribution in [0.15, 0.2) is 39.7 Å². The smallest absolute Gasteiger partial charge is 0.335 e. The van der Waals surface area contributed by atoms with Crippen molar-refractivity contribution in [1.29, 1.82) is 0 Å². The van der Waals surface area contributed by atoms with Gasteiger partial charge in [-0.3, -0.25) is 4.99 Å². The zero-order chi connectivity index (χ0) is 16.2. The molecule has 0 saturated carbocycles. The third-order valence-electron chi connectivity index (χ3n) is 3.71. The minimum absolute atomic E-state index is 0.258. The molecule has 1 aromatic carbocycles. The molecule has 0 radical (unpaired) electrons. The number of rotatable bonds is 4. The second-order valence-corrected chi connectivity index (χ2v) is 5.34. The number of aromatic carboxylic acids is 1. The zero-order valence-corrected chi connectivity index (χ0v) is 12.9. The Morgan fingerprint density at radius 1 is 1.26 bits per heavy atom. The molecule has 3 rings (SSSR count). The normalized spacial score (nSPS) is 15.3. The van der Waals surface area contributed by atoms with Gasteiger partial charge in [0.2, 0.25) is 0 Å². The molecule has 1 aromatic heterocycles. The summed E-state index contributed by atoms with van der Waals surface area (Å²) in [5.41, 5.74) is 1.79. The van der Waals surface area contributed by atoms with Crippen LogP contribution in [0.25, 0.3) is 0 Å². The first-order valence-electron chi connectivity index (χ1n) is 7.44. The molecule has 120 valence electrons. The summed E-state index contributed by atoms with van der Waals surface area (Å²) in [5.74, 6) is 0.533. The summed E-state index contributed by atoms with van der Waals surface area (Å²) in [7, 11) is 0. The number of hydrogen-bond donors (Lipinski definition) is 1. The van der Waals surface area contributed by atoms with Gasteiger partial charge in [0.25, 0.3) is 0 Å². The van der Waals surface area contributed by atoms with Crippen LogP contribution in [-0.2, 0) is 4.74 Å². The van der Waals surface area contributed by atoms with Gasteiger partial charge in [0, 0.05) is 19.2 Å². The SMILES string of the molecule is Cc1cc(C(=O)O)ccc1N=Cc1ccc(N2CCOCC2)o1. The van der Waals surface area contributed by atoms with Crippen molar-refractivity contribution in [2.45, 2.75) is 6.92 Å². The summed E-state index contributed by atoms with van der Waals surface area (Å²) >= 11 is 0. The van der Waals surface area contributed by atoms with Gasteiger partial charge in [0.15, 0.2) is 5.88 Å². The van der Waals surface area contributed by atoms with Crippen LogP contribution in [0.1, 0.15) is 21.7 Å². The molecule has 23 heavy (non-hydrogen) atoms. The van der Waals surface area contributed by atoms with Crippen LogP contribution in [0.2, 0.25) is 0 Å². The van der Waals surface area contributed by atoms with E-state index in [0.717, 1.165) is 30.2 Å². The van der Waals surface area contributed by atoms with Crippen LogP contribution in [0, 0.1) is 6.92 Å². The molecule has 0 amide bonds. The lowest BCUT2D eigenvalue weighted by Gasteiger charge is -2.26. The standard InChI is InChI=1S/C17H18N2O4/c1-12-10-13(17(20)21)2-4-15(12)18-11-14-3-5-16(23-14)19-6-8-22-9-7-19/h2-5,10-11H,6-9H2,1H3,(H,20,21). The molecule has 1 aliphatic rings. The summed E-state index contributed by atoms with van der Waals surface area (Å²) in [6.45, 7) is 4.89. The Morgan fingerprint density at radius 3 is 2.74 bits per heavy atom. The highest BCUT2D eigenvalue weighted by molar-refractivity contribution is 5.88. The lowest BCUT2D eigenvalue weighted by molar-refractivity contribution is 0.0697. The molecule has 1 N–H and O–H groups in total.